The van der Waals surface area contributed by atoms with E-state index >= 15 is 0 Å². The Morgan fingerprint density at radius 1 is 1.48 bits per heavy atom. The molecule has 0 spiro atoms. The zero-order valence-corrected chi connectivity index (χ0v) is 15.6. The first kappa shape index (κ1) is 17.8. The maximum atomic E-state index is 5.31. The van der Waals surface area contributed by atoms with Crippen LogP contribution in [0.15, 0.2) is 27.8 Å². The van der Waals surface area contributed by atoms with Gasteiger partial charge in [0.25, 0.3) is 0 Å². The van der Waals surface area contributed by atoms with Crippen molar-refractivity contribution in [1.29, 1.82) is 0 Å². The smallest absolute Gasteiger partial charge is 0.216 e. The van der Waals surface area contributed by atoms with Crippen LogP contribution in [-0.4, -0.2) is 51.8 Å². The van der Waals surface area contributed by atoms with Crippen LogP contribution < -0.4 is 10.6 Å². The quantitative estimate of drug-likeness (QED) is 0.518. The van der Waals surface area contributed by atoms with Crippen molar-refractivity contribution >= 4 is 17.7 Å². The highest BCUT2D eigenvalue weighted by Crippen LogP contribution is 2.28. The van der Waals surface area contributed by atoms with Crippen molar-refractivity contribution in [3.05, 3.63) is 24.2 Å². The van der Waals surface area contributed by atoms with E-state index in [0.717, 1.165) is 23.6 Å². The average molecular weight is 363 g/mol. The van der Waals surface area contributed by atoms with E-state index in [1.54, 1.807) is 6.26 Å². The summed E-state index contributed by atoms with van der Waals surface area (Å²) < 4.78 is 5.31. The topological polar surface area (TPSA) is 91.1 Å². The van der Waals surface area contributed by atoms with Crippen LogP contribution in [0.4, 0.5) is 0 Å². The molecular formula is C17H26N6OS. The van der Waals surface area contributed by atoms with Crippen molar-refractivity contribution in [3.8, 4) is 11.6 Å². The van der Waals surface area contributed by atoms with Crippen LogP contribution in [0.3, 0.4) is 0 Å². The average Bonchev–Trinajstić information content (AvgIpc) is 3.36. The molecule has 1 aliphatic carbocycles. The number of thioether (sulfide) groups is 1. The van der Waals surface area contributed by atoms with Gasteiger partial charge in [-0.3, -0.25) is 10.1 Å². The number of hydrogen-bond donors (Lipinski definition) is 3. The van der Waals surface area contributed by atoms with E-state index in [2.05, 4.69) is 44.0 Å². The summed E-state index contributed by atoms with van der Waals surface area (Å²) in [4.78, 5) is 9.12. The van der Waals surface area contributed by atoms with E-state index < -0.39 is 0 Å². The fraction of sp³-hybridized carbons (Fsp3) is 0.588. The molecule has 2 heterocycles. The molecule has 0 saturated heterocycles. The Balaban J connectivity index is 1.51. The second-order valence-electron chi connectivity index (χ2n) is 6.11. The number of aliphatic imine (C=N–C) groups is 1. The molecule has 1 fully saturated rings. The second kappa shape index (κ2) is 8.94. The molecule has 2 unspecified atom stereocenters. The number of rotatable bonds is 7. The molecule has 25 heavy (non-hydrogen) atoms. The fourth-order valence-corrected chi connectivity index (χ4v) is 3.79. The Bertz CT molecular complexity index is 668. The molecule has 0 radical (unpaired) electrons. The van der Waals surface area contributed by atoms with Gasteiger partial charge in [0.2, 0.25) is 5.82 Å². The minimum absolute atomic E-state index is 0.520. The Kier molecular flexibility index (Phi) is 6.38. The number of nitrogens with zero attached hydrogens (tertiary/aromatic N) is 3. The number of aromatic nitrogens is 3. The minimum Gasteiger partial charge on any atom is -0.461 e. The maximum absolute atomic E-state index is 5.31. The number of hydrogen-bond acceptors (Lipinski definition) is 5. The number of furan rings is 1. The molecule has 0 bridgehead atoms. The number of nitrogens with one attached hydrogen (secondary N) is 3. The van der Waals surface area contributed by atoms with Crippen LogP contribution in [0.5, 0.6) is 0 Å². The van der Waals surface area contributed by atoms with Crippen molar-refractivity contribution in [3.63, 3.8) is 0 Å². The summed E-state index contributed by atoms with van der Waals surface area (Å²) >= 11 is 1.97. The predicted octanol–water partition coefficient (Wildman–Crippen LogP) is 2.45. The molecule has 3 rings (SSSR count). The van der Waals surface area contributed by atoms with E-state index in [1.807, 2.05) is 23.9 Å². The number of aromatic amines is 1. The van der Waals surface area contributed by atoms with Crippen LogP contribution in [0.1, 0.15) is 32.0 Å². The van der Waals surface area contributed by atoms with Crippen molar-refractivity contribution in [2.24, 2.45) is 4.99 Å². The molecule has 8 heteroatoms. The van der Waals surface area contributed by atoms with Gasteiger partial charge >= 0.3 is 0 Å². The van der Waals surface area contributed by atoms with Crippen molar-refractivity contribution < 1.29 is 4.42 Å². The van der Waals surface area contributed by atoms with Gasteiger partial charge in [-0.15, -0.1) is 0 Å². The molecule has 2 aromatic rings. The van der Waals surface area contributed by atoms with Crippen molar-refractivity contribution in [2.75, 3.05) is 19.3 Å². The summed E-state index contributed by atoms with van der Waals surface area (Å²) in [5.41, 5.74) is 0. The van der Waals surface area contributed by atoms with E-state index in [1.165, 1.54) is 19.3 Å². The van der Waals surface area contributed by atoms with Gasteiger partial charge in [0.1, 0.15) is 5.82 Å². The second-order valence-corrected chi connectivity index (χ2v) is 7.24. The first-order valence-corrected chi connectivity index (χ1v) is 10.1. The molecule has 7 nitrogen and oxygen atoms in total. The summed E-state index contributed by atoms with van der Waals surface area (Å²) in [6.07, 6.45) is 8.23. The monoisotopic (exact) mass is 362 g/mol. The molecule has 1 aliphatic rings. The van der Waals surface area contributed by atoms with E-state index in [4.69, 9.17) is 4.42 Å². The van der Waals surface area contributed by atoms with Gasteiger partial charge in [0.15, 0.2) is 11.7 Å². The molecule has 2 aromatic heterocycles. The normalized spacial score (nSPS) is 20.8. The molecule has 3 N–H and O–H groups in total. The molecule has 0 amide bonds. The minimum atomic E-state index is 0.520. The SMILES string of the molecule is CCNC(=NCCc1nc(-c2ccco2)n[nH]1)NC1CCC(SC)C1. The highest BCUT2D eigenvalue weighted by atomic mass is 32.2. The summed E-state index contributed by atoms with van der Waals surface area (Å²) in [5.74, 6) is 2.96. The van der Waals surface area contributed by atoms with Gasteiger partial charge in [-0.25, -0.2) is 4.98 Å². The zero-order chi connectivity index (χ0) is 17.5. The highest BCUT2D eigenvalue weighted by Gasteiger charge is 2.24. The van der Waals surface area contributed by atoms with Gasteiger partial charge in [-0.2, -0.15) is 16.9 Å². The van der Waals surface area contributed by atoms with Gasteiger partial charge in [0, 0.05) is 30.8 Å². The molecule has 2 atom stereocenters. The Morgan fingerprint density at radius 2 is 2.40 bits per heavy atom. The lowest BCUT2D eigenvalue weighted by Gasteiger charge is -2.17. The van der Waals surface area contributed by atoms with Crippen molar-refractivity contribution in [2.45, 2.75) is 43.9 Å². The summed E-state index contributed by atoms with van der Waals surface area (Å²) in [6, 6.07) is 4.20. The molecule has 0 aliphatic heterocycles. The Labute approximate surface area is 152 Å². The van der Waals surface area contributed by atoms with E-state index in [0.29, 0.717) is 30.6 Å². The van der Waals surface area contributed by atoms with Gasteiger partial charge in [-0.05, 0) is 44.6 Å². The van der Waals surface area contributed by atoms with Gasteiger partial charge in [-0.1, -0.05) is 0 Å². The summed E-state index contributed by atoms with van der Waals surface area (Å²) in [5, 5.41) is 14.8. The standard InChI is InChI=1S/C17H26N6OS/c1-3-18-17(20-12-6-7-13(11-12)25-2)19-9-8-15-21-16(23-22-15)14-5-4-10-24-14/h4-5,10,12-13H,3,6-9,11H2,1-2H3,(H2,18,19,20)(H,21,22,23). The Hall–Kier alpha value is -1.96. The van der Waals surface area contributed by atoms with E-state index in [-0.39, 0.29) is 0 Å². The third kappa shape index (κ3) is 5.01. The molecule has 136 valence electrons. The molecular weight excluding hydrogens is 336 g/mol. The van der Waals surface area contributed by atoms with Crippen LogP contribution in [0.25, 0.3) is 11.6 Å². The maximum Gasteiger partial charge on any atom is 0.216 e. The lowest BCUT2D eigenvalue weighted by Crippen LogP contribution is -2.42. The summed E-state index contributed by atoms with van der Waals surface area (Å²) in [6.45, 7) is 3.60. The number of guanidine groups is 1. The first-order chi connectivity index (χ1) is 12.3. The van der Waals surface area contributed by atoms with Crippen LogP contribution in [-0.2, 0) is 6.42 Å². The van der Waals surface area contributed by atoms with Crippen LogP contribution in [0, 0.1) is 0 Å². The van der Waals surface area contributed by atoms with Crippen LogP contribution in [0.2, 0.25) is 0 Å². The predicted molar refractivity (Wildman–Crippen MR) is 102 cm³/mol. The van der Waals surface area contributed by atoms with E-state index in [9.17, 15) is 0 Å². The Morgan fingerprint density at radius 3 is 3.12 bits per heavy atom. The fourth-order valence-electron chi connectivity index (χ4n) is 3.00. The lowest BCUT2D eigenvalue weighted by molar-refractivity contribution is 0.577. The number of H-pyrrole nitrogens is 1. The summed E-state index contributed by atoms with van der Waals surface area (Å²) in [7, 11) is 0. The lowest BCUT2D eigenvalue weighted by atomic mass is 10.2. The molecule has 1 saturated carbocycles. The molecule has 0 aromatic carbocycles. The highest BCUT2D eigenvalue weighted by molar-refractivity contribution is 7.99. The third-order valence-corrected chi connectivity index (χ3v) is 5.39. The van der Waals surface area contributed by atoms with Crippen molar-refractivity contribution in [1.82, 2.24) is 25.8 Å². The van der Waals surface area contributed by atoms with Gasteiger partial charge in [0.05, 0.1) is 6.26 Å². The largest absolute Gasteiger partial charge is 0.461 e. The zero-order valence-electron chi connectivity index (χ0n) is 14.8. The van der Waals surface area contributed by atoms with Gasteiger partial charge < -0.3 is 15.1 Å². The first-order valence-electron chi connectivity index (χ1n) is 8.81. The third-order valence-electron chi connectivity index (χ3n) is 4.29. The van der Waals surface area contributed by atoms with Crippen LogP contribution >= 0.6 is 11.8 Å².